The van der Waals surface area contributed by atoms with E-state index in [-0.39, 0.29) is 29.9 Å². The highest BCUT2D eigenvalue weighted by Gasteiger charge is 2.23. The maximum atomic E-state index is 13.8. The highest BCUT2D eigenvalue weighted by atomic mass is 35.5. The van der Waals surface area contributed by atoms with Crippen molar-refractivity contribution in [1.82, 2.24) is 40.5 Å². The summed E-state index contributed by atoms with van der Waals surface area (Å²) in [6.45, 7) is 7.88. The highest BCUT2D eigenvalue weighted by molar-refractivity contribution is 6.00. The topological polar surface area (TPSA) is 266 Å². The standard InChI is InChI=1S/C19H20N6O2.C16H13FN4O.C3H8N2O.ClH/c1-9(17(20)26)23-18-10(2)22-14-5-3-4-11(16(14)25-18)15-8-12-13(24-15)6-7-21-19(12)27;1-8-15(17)21-14-9(3-2-4-12(14)19-8)13-7-10-11(20-13)5-6-18-16(10)22;1-2(4)3(5)6;/h3-5,8-9,24H,6-7H2,1-2H3,(H2,20,26)(H,21,27)(H,23,25);2-4,7,20H,5-6H2,1H3,(H,18,22);2H,4H2,1H3,(H2,5,6);1H/t9-;;2-;/m1.1./s1. The summed E-state index contributed by atoms with van der Waals surface area (Å²) in [7, 11) is 0. The van der Waals surface area contributed by atoms with Crippen LogP contribution in [-0.2, 0) is 22.4 Å². The number of halogens is 2. The number of para-hydroxylation sites is 2. The van der Waals surface area contributed by atoms with Gasteiger partial charge in [-0.05, 0) is 52.0 Å². The third-order valence-electron chi connectivity index (χ3n) is 9.10. The highest BCUT2D eigenvalue weighted by Crippen LogP contribution is 2.31. The third kappa shape index (κ3) is 8.58. The molecule has 16 nitrogen and oxygen atoms in total. The first-order chi connectivity index (χ1) is 26.2. The maximum Gasteiger partial charge on any atom is 0.253 e. The van der Waals surface area contributed by atoms with Gasteiger partial charge in [0.15, 0.2) is 0 Å². The van der Waals surface area contributed by atoms with Crippen LogP contribution in [0.3, 0.4) is 0 Å². The smallest absolute Gasteiger partial charge is 0.253 e. The fourth-order valence-electron chi connectivity index (χ4n) is 6.03. The number of benzene rings is 2. The van der Waals surface area contributed by atoms with Crippen LogP contribution in [0.5, 0.6) is 0 Å². The number of carbonyl (C=O) groups is 4. The summed E-state index contributed by atoms with van der Waals surface area (Å²) in [6, 6.07) is 13.8. The van der Waals surface area contributed by atoms with Crippen LogP contribution >= 0.6 is 12.4 Å². The molecular formula is C38H42ClFN12O4. The second kappa shape index (κ2) is 16.9. The SMILES string of the molecule is C[C@@H](N)C(N)=O.Cc1nc2cccc(-c3cc4c([nH]3)CCNC4=O)c2nc1F.Cc1nc2cccc(-c3cc4c([nH]3)CCNC4=O)c2nc1N[C@H](C)C(N)=O.Cl. The van der Waals surface area contributed by atoms with Gasteiger partial charge in [0.1, 0.15) is 22.9 Å². The third-order valence-corrected chi connectivity index (χ3v) is 9.10. The second-order valence-corrected chi connectivity index (χ2v) is 13.2. The van der Waals surface area contributed by atoms with Gasteiger partial charge in [-0.1, -0.05) is 24.3 Å². The summed E-state index contributed by atoms with van der Waals surface area (Å²) < 4.78 is 13.8. The van der Waals surface area contributed by atoms with E-state index in [9.17, 15) is 23.6 Å². The molecule has 6 heterocycles. The molecule has 2 aliphatic rings. The Bertz CT molecular complexity index is 2480. The quantitative estimate of drug-likeness (QED) is 0.122. The number of hydrogen-bond donors (Lipinski definition) is 8. The molecular weight excluding hydrogens is 743 g/mol. The van der Waals surface area contributed by atoms with E-state index in [1.165, 1.54) is 0 Å². The van der Waals surface area contributed by atoms with Crippen LogP contribution < -0.4 is 33.2 Å². The van der Waals surface area contributed by atoms with Gasteiger partial charge in [-0.15, -0.1) is 12.4 Å². The van der Waals surface area contributed by atoms with Crippen molar-refractivity contribution in [1.29, 1.82) is 0 Å². The number of aryl methyl sites for hydroxylation is 2. The van der Waals surface area contributed by atoms with Gasteiger partial charge in [0.05, 0.1) is 39.6 Å². The van der Waals surface area contributed by atoms with E-state index in [4.69, 9.17) is 16.5 Å². The Morgan fingerprint density at radius 2 is 1.20 bits per heavy atom. The number of rotatable bonds is 6. The zero-order chi connectivity index (χ0) is 39.6. The molecule has 2 aromatic carbocycles. The van der Waals surface area contributed by atoms with Crippen molar-refractivity contribution in [2.45, 2.75) is 52.6 Å². The molecule has 18 heteroatoms. The number of aromatic nitrogens is 6. The van der Waals surface area contributed by atoms with E-state index in [0.717, 1.165) is 52.3 Å². The predicted octanol–water partition coefficient (Wildman–Crippen LogP) is 3.10. The minimum Gasteiger partial charge on any atom is -0.368 e. The monoisotopic (exact) mass is 784 g/mol. The number of fused-ring (bicyclic) bond motifs is 4. The molecule has 0 unspecified atom stereocenters. The van der Waals surface area contributed by atoms with Gasteiger partial charge >= 0.3 is 0 Å². The van der Waals surface area contributed by atoms with E-state index in [2.05, 4.69) is 46.6 Å². The lowest BCUT2D eigenvalue weighted by Gasteiger charge is -2.14. The number of nitrogens with one attached hydrogen (secondary N) is 5. The fourth-order valence-corrected chi connectivity index (χ4v) is 6.03. The molecule has 292 valence electrons. The number of aromatic amines is 2. The zero-order valence-electron chi connectivity index (χ0n) is 31.0. The number of H-pyrrole nitrogens is 2. The van der Waals surface area contributed by atoms with Crippen molar-refractivity contribution in [2.75, 3.05) is 18.4 Å². The van der Waals surface area contributed by atoms with E-state index < -0.39 is 29.8 Å². The summed E-state index contributed by atoms with van der Waals surface area (Å²) in [6.07, 6.45) is 1.52. The summed E-state index contributed by atoms with van der Waals surface area (Å²) in [5, 5.41) is 8.67. The maximum absolute atomic E-state index is 13.8. The first kappa shape index (κ1) is 40.7. The first-order valence-corrected chi connectivity index (χ1v) is 17.5. The molecule has 0 bridgehead atoms. The molecule has 2 aliphatic heterocycles. The summed E-state index contributed by atoms with van der Waals surface area (Å²) >= 11 is 0. The van der Waals surface area contributed by atoms with Crippen LogP contribution in [0.25, 0.3) is 44.6 Å². The number of amides is 4. The minimum absolute atomic E-state index is 0. The number of anilines is 1. The molecule has 8 rings (SSSR count). The molecule has 0 radical (unpaired) electrons. The minimum atomic E-state index is -0.575. The molecule has 0 spiro atoms. The van der Waals surface area contributed by atoms with Crippen LogP contribution in [0.1, 0.15) is 57.3 Å². The van der Waals surface area contributed by atoms with Crippen LogP contribution in [0.4, 0.5) is 10.2 Å². The van der Waals surface area contributed by atoms with Gasteiger partial charge < -0.3 is 43.1 Å². The molecule has 4 amide bonds. The summed E-state index contributed by atoms with van der Waals surface area (Å²) in [4.78, 5) is 69.3. The second-order valence-electron chi connectivity index (χ2n) is 13.2. The lowest BCUT2D eigenvalue weighted by atomic mass is 10.1. The molecule has 4 aromatic heterocycles. The normalized spacial score (nSPS) is 14.0. The molecule has 2 atom stereocenters. The van der Waals surface area contributed by atoms with Crippen molar-refractivity contribution in [3.63, 3.8) is 0 Å². The molecule has 0 saturated heterocycles. The number of hydrogen-bond acceptors (Lipinski definition) is 10. The van der Waals surface area contributed by atoms with Crippen LogP contribution in [0.2, 0.25) is 0 Å². The van der Waals surface area contributed by atoms with Gasteiger partial charge in [-0.3, -0.25) is 19.2 Å². The first-order valence-electron chi connectivity index (χ1n) is 17.5. The molecule has 6 aromatic rings. The Kier molecular flexibility index (Phi) is 12.3. The van der Waals surface area contributed by atoms with Crippen LogP contribution in [-0.4, -0.2) is 78.7 Å². The van der Waals surface area contributed by atoms with E-state index in [0.29, 0.717) is 52.3 Å². The summed E-state index contributed by atoms with van der Waals surface area (Å²) in [5.41, 5.74) is 24.7. The summed E-state index contributed by atoms with van der Waals surface area (Å²) in [5.74, 6) is -1.15. The van der Waals surface area contributed by atoms with Crippen LogP contribution in [0, 0.1) is 19.8 Å². The van der Waals surface area contributed by atoms with E-state index in [1.54, 1.807) is 32.9 Å². The molecule has 11 N–H and O–H groups in total. The lowest BCUT2D eigenvalue weighted by Crippen LogP contribution is -2.33. The number of nitrogens with zero attached hydrogens (tertiary/aromatic N) is 4. The molecule has 0 fully saturated rings. The van der Waals surface area contributed by atoms with Crippen molar-refractivity contribution in [2.24, 2.45) is 17.2 Å². The Labute approximate surface area is 326 Å². The van der Waals surface area contributed by atoms with E-state index >= 15 is 0 Å². The number of nitrogens with two attached hydrogens (primary N) is 3. The van der Waals surface area contributed by atoms with Gasteiger partial charge in [0.25, 0.3) is 11.8 Å². The Balaban J connectivity index is 0.000000187. The predicted molar refractivity (Wildman–Crippen MR) is 213 cm³/mol. The molecule has 56 heavy (non-hydrogen) atoms. The van der Waals surface area contributed by atoms with Gasteiger partial charge in [0.2, 0.25) is 17.8 Å². The van der Waals surface area contributed by atoms with Crippen molar-refractivity contribution >= 4 is 63.9 Å². The van der Waals surface area contributed by atoms with Gasteiger partial charge in [-0.25, -0.2) is 19.9 Å². The lowest BCUT2D eigenvalue weighted by molar-refractivity contribution is -0.119. The van der Waals surface area contributed by atoms with E-state index in [1.807, 2.05) is 43.3 Å². The Morgan fingerprint density at radius 1 is 0.732 bits per heavy atom. The average Bonchev–Trinajstić information content (AvgIpc) is 3.79. The average molecular weight is 785 g/mol. The molecule has 0 aliphatic carbocycles. The number of carbonyl (C=O) groups excluding carboxylic acids is 4. The Morgan fingerprint density at radius 3 is 1.64 bits per heavy atom. The van der Waals surface area contributed by atoms with Crippen molar-refractivity contribution in [3.8, 4) is 22.5 Å². The molecule has 0 saturated carbocycles. The van der Waals surface area contributed by atoms with Gasteiger partial charge in [-0.2, -0.15) is 4.39 Å². The van der Waals surface area contributed by atoms with Gasteiger partial charge in [0, 0.05) is 59.8 Å². The largest absolute Gasteiger partial charge is 0.368 e. The number of primary amides is 2. The fraction of sp³-hybridized carbons (Fsp3) is 0.263. The van der Waals surface area contributed by atoms with Crippen molar-refractivity contribution < 1.29 is 23.6 Å². The zero-order valence-corrected chi connectivity index (χ0v) is 31.9. The Hall–Kier alpha value is -6.46. The van der Waals surface area contributed by atoms with Crippen molar-refractivity contribution in [3.05, 3.63) is 88.4 Å². The van der Waals surface area contributed by atoms with Crippen LogP contribution in [0.15, 0.2) is 48.5 Å².